The summed E-state index contributed by atoms with van der Waals surface area (Å²) in [5, 5.41) is 1.98. The maximum atomic E-state index is 13.4. The van der Waals surface area contributed by atoms with Crippen molar-refractivity contribution in [2.45, 2.75) is 45.6 Å². The summed E-state index contributed by atoms with van der Waals surface area (Å²) in [6, 6.07) is 15.7. The van der Waals surface area contributed by atoms with Crippen molar-refractivity contribution in [1.29, 1.82) is 0 Å². The molecule has 47 heavy (non-hydrogen) atoms. The molecule has 4 aromatic rings. The molecule has 1 unspecified atom stereocenters. The third-order valence-electron chi connectivity index (χ3n) is 8.90. The minimum atomic E-state index is -0.750. The predicted molar refractivity (Wildman–Crippen MR) is 184 cm³/mol. The number of piperidine rings is 1. The van der Waals surface area contributed by atoms with E-state index in [4.69, 9.17) is 15.0 Å². The van der Waals surface area contributed by atoms with Crippen molar-refractivity contribution < 1.29 is 18.0 Å². The molecule has 10 nitrogen and oxygen atoms in total. The van der Waals surface area contributed by atoms with Crippen LogP contribution in [-0.4, -0.2) is 79.6 Å². The van der Waals surface area contributed by atoms with Crippen LogP contribution in [0, 0.1) is 19.4 Å². The zero-order chi connectivity index (χ0) is 33.3. The van der Waals surface area contributed by atoms with Crippen molar-refractivity contribution in [2.75, 3.05) is 44.7 Å². The summed E-state index contributed by atoms with van der Waals surface area (Å²) in [6.45, 7) is 14.6. The molecule has 0 bridgehead atoms. The SMILES string of the molecule is O=S=O.[C-]#[N+]c1c(CC(=O)c2cccc3ccccc23)sc2c1CCN(C(=O)CCN1CCCC(CN(C)c3ccnc(C)n3)C1)C2. The lowest BCUT2D eigenvalue weighted by Gasteiger charge is -2.35. The number of fused-ring (bicyclic) bond motifs is 2. The van der Waals surface area contributed by atoms with E-state index in [1.807, 2.05) is 66.6 Å². The fourth-order valence-corrected chi connectivity index (χ4v) is 7.98. The molecule has 244 valence electrons. The minimum Gasteiger partial charge on any atom is -0.359 e. The number of anilines is 1. The summed E-state index contributed by atoms with van der Waals surface area (Å²) in [5.74, 6) is 2.45. The third-order valence-corrected chi connectivity index (χ3v) is 10.1. The quantitative estimate of drug-likeness (QED) is 0.172. The molecule has 12 heteroatoms. The van der Waals surface area contributed by atoms with Crippen LogP contribution in [0.25, 0.3) is 15.6 Å². The van der Waals surface area contributed by atoms with Crippen LogP contribution in [-0.2, 0) is 35.8 Å². The van der Waals surface area contributed by atoms with E-state index in [0.29, 0.717) is 43.1 Å². The number of ketones is 1. The summed E-state index contributed by atoms with van der Waals surface area (Å²) < 4.78 is 16.6. The van der Waals surface area contributed by atoms with Crippen LogP contribution in [0.1, 0.15) is 50.8 Å². The van der Waals surface area contributed by atoms with Crippen molar-refractivity contribution in [1.82, 2.24) is 19.8 Å². The van der Waals surface area contributed by atoms with Gasteiger partial charge in [-0.2, -0.15) is 19.8 Å². The standard InChI is InChI=1S/C35H38N6O2S.O2S/c1-24-37-16-13-33(38-24)39(3)21-25-8-7-17-40(22-25)18-15-34(43)41-19-14-29-32(23-41)44-31(35(29)36-2)20-30(42)28-12-6-10-26-9-4-5-11-27(26)28;1-3-2/h4-6,9-13,16,25H,7-8,14-15,17-23H2,1,3H3;. The lowest BCUT2D eigenvalue weighted by Crippen LogP contribution is -2.42. The Morgan fingerprint density at radius 2 is 1.91 bits per heavy atom. The molecule has 0 saturated carbocycles. The Hall–Kier alpha value is -4.31. The Kier molecular flexibility index (Phi) is 11.6. The van der Waals surface area contributed by atoms with Gasteiger partial charge in [0.15, 0.2) is 5.78 Å². The molecular formula is C35H38N6O4S2. The molecule has 1 amide bonds. The molecule has 0 spiro atoms. The molecule has 2 aromatic carbocycles. The second-order valence-electron chi connectivity index (χ2n) is 12.0. The smallest absolute Gasteiger partial charge is 0.335 e. The summed E-state index contributed by atoms with van der Waals surface area (Å²) >= 11 is 0.785. The Labute approximate surface area is 282 Å². The van der Waals surface area contributed by atoms with Gasteiger partial charge in [0.05, 0.1) is 13.1 Å². The van der Waals surface area contributed by atoms with E-state index in [1.54, 1.807) is 0 Å². The second kappa shape index (κ2) is 16.0. The van der Waals surface area contributed by atoms with Crippen molar-refractivity contribution in [2.24, 2.45) is 5.92 Å². The zero-order valence-corrected chi connectivity index (χ0v) is 28.3. The van der Waals surface area contributed by atoms with Crippen LogP contribution in [0.5, 0.6) is 0 Å². The number of hydrogen-bond donors (Lipinski definition) is 0. The molecule has 4 heterocycles. The molecule has 0 radical (unpaired) electrons. The van der Waals surface area contributed by atoms with Gasteiger partial charge in [-0.1, -0.05) is 42.5 Å². The number of aromatic nitrogens is 2. The van der Waals surface area contributed by atoms with Gasteiger partial charge in [0.25, 0.3) is 0 Å². The molecule has 0 N–H and O–H groups in total. The molecule has 1 atom stereocenters. The number of carbonyl (C=O) groups excluding carboxylic acids is 2. The number of rotatable bonds is 9. The Morgan fingerprint density at radius 3 is 2.70 bits per heavy atom. The van der Waals surface area contributed by atoms with E-state index in [1.165, 1.54) is 17.8 Å². The maximum Gasteiger partial charge on any atom is 0.335 e. The first kappa shape index (κ1) is 34.0. The van der Waals surface area contributed by atoms with Gasteiger partial charge in [-0.05, 0) is 61.1 Å². The molecule has 6 rings (SSSR count). The first-order valence-electron chi connectivity index (χ1n) is 15.8. The lowest BCUT2D eigenvalue weighted by atomic mass is 9.97. The molecule has 0 aliphatic carbocycles. The van der Waals surface area contributed by atoms with Gasteiger partial charge in [-0.15, -0.1) is 0 Å². The summed E-state index contributed by atoms with van der Waals surface area (Å²) in [7, 11) is 2.09. The zero-order valence-electron chi connectivity index (χ0n) is 26.7. The highest BCUT2D eigenvalue weighted by molar-refractivity contribution is 7.51. The van der Waals surface area contributed by atoms with E-state index in [2.05, 4.69) is 31.7 Å². The number of amides is 1. The van der Waals surface area contributed by atoms with Crippen LogP contribution in [0.2, 0.25) is 0 Å². The van der Waals surface area contributed by atoms with Crippen molar-refractivity contribution in [3.05, 3.63) is 92.9 Å². The van der Waals surface area contributed by atoms with E-state index in [0.717, 1.165) is 70.3 Å². The van der Waals surface area contributed by atoms with Gasteiger partial charge in [0.2, 0.25) is 11.6 Å². The van der Waals surface area contributed by atoms with Gasteiger partial charge >= 0.3 is 11.6 Å². The number of thiophene rings is 1. The number of likely N-dealkylation sites (tertiary alicyclic amines) is 1. The average Bonchev–Trinajstić information content (AvgIpc) is 3.43. The second-order valence-corrected chi connectivity index (χ2v) is 13.4. The molecular weight excluding hydrogens is 633 g/mol. The lowest BCUT2D eigenvalue weighted by molar-refractivity contribution is -0.132. The van der Waals surface area contributed by atoms with Gasteiger partial charge in [0.1, 0.15) is 11.6 Å². The highest BCUT2D eigenvalue weighted by atomic mass is 32.1. The Morgan fingerprint density at radius 1 is 1.13 bits per heavy atom. The molecule has 2 aromatic heterocycles. The predicted octanol–water partition coefficient (Wildman–Crippen LogP) is 5.43. The molecule has 2 aliphatic rings. The average molecular weight is 671 g/mol. The molecule has 1 saturated heterocycles. The number of hydrogen-bond acceptors (Lipinski definition) is 9. The van der Waals surface area contributed by atoms with E-state index < -0.39 is 11.6 Å². The van der Waals surface area contributed by atoms with Gasteiger partial charge in [-0.25, -0.2) is 14.8 Å². The first-order chi connectivity index (χ1) is 22.8. The molecule has 1 fully saturated rings. The Bertz CT molecular complexity index is 1830. The highest BCUT2D eigenvalue weighted by Crippen LogP contribution is 2.40. The molecule has 2 aliphatic heterocycles. The monoisotopic (exact) mass is 670 g/mol. The van der Waals surface area contributed by atoms with Gasteiger partial charge in [-0.3, -0.25) is 9.59 Å². The normalized spacial score (nSPS) is 16.0. The highest BCUT2D eigenvalue weighted by Gasteiger charge is 2.29. The summed E-state index contributed by atoms with van der Waals surface area (Å²) in [5.41, 5.74) is 2.33. The van der Waals surface area contributed by atoms with Gasteiger partial charge in [0, 0.05) is 67.6 Å². The van der Waals surface area contributed by atoms with E-state index in [-0.39, 0.29) is 18.1 Å². The maximum absolute atomic E-state index is 13.4. The van der Waals surface area contributed by atoms with Crippen LogP contribution >= 0.6 is 11.3 Å². The van der Waals surface area contributed by atoms with Crippen LogP contribution in [0.15, 0.2) is 54.7 Å². The topological polar surface area (TPSA) is 108 Å². The number of aryl methyl sites for hydroxylation is 1. The summed E-state index contributed by atoms with van der Waals surface area (Å²) in [6.07, 6.45) is 5.49. The fourth-order valence-electron chi connectivity index (χ4n) is 6.67. The van der Waals surface area contributed by atoms with E-state index in [9.17, 15) is 9.59 Å². The number of carbonyl (C=O) groups is 2. The van der Waals surface area contributed by atoms with Crippen LogP contribution in [0.3, 0.4) is 0 Å². The minimum absolute atomic E-state index is 0.0245. The van der Waals surface area contributed by atoms with Gasteiger partial charge < -0.3 is 14.7 Å². The van der Waals surface area contributed by atoms with Crippen LogP contribution in [0.4, 0.5) is 11.5 Å². The first-order valence-corrected chi connectivity index (χ1v) is 17.2. The third kappa shape index (κ3) is 8.35. The van der Waals surface area contributed by atoms with Crippen LogP contribution < -0.4 is 4.90 Å². The Balaban J connectivity index is 0.00000139. The number of nitrogens with zero attached hydrogens (tertiary/aromatic N) is 6. The number of benzene rings is 2. The van der Waals surface area contributed by atoms with Crippen molar-refractivity contribution in [3.63, 3.8) is 0 Å². The summed E-state index contributed by atoms with van der Waals surface area (Å²) in [4.78, 5) is 47.8. The number of Topliss-reactive ketones (excluding diaryl/α,β-unsaturated/α-hetero) is 1. The van der Waals surface area contributed by atoms with Crippen molar-refractivity contribution >= 4 is 56.9 Å². The van der Waals surface area contributed by atoms with Crippen molar-refractivity contribution in [3.8, 4) is 0 Å². The van der Waals surface area contributed by atoms with E-state index >= 15 is 0 Å². The fraction of sp³-hybridized carbons (Fsp3) is 0.400. The largest absolute Gasteiger partial charge is 0.359 e.